The van der Waals surface area contributed by atoms with Crippen molar-refractivity contribution in [3.05, 3.63) is 18.3 Å². The highest BCUT2D eigenvalue weighted by atomic mass is 19.3. The zero-order chi connectivity index (χ0) is 15.0. The monoisotopic (exact) mass is 286 g/mol. The number of halogens is 2. The van der Waals surface area contributed by atoms with Crippen LogP contribution in [0, 0.1) is 0 Å². The van der Waals surface area contributed by atoms with Gasteiger partial charge in [0.25, 0.3) is 0 Å². The molecule has 2 rings (SSSR count). The summed E-state index contributed by atoms with van der Waals surface area (Å²) < 4.78 is 34.4. The van der Waals surface area contributed by atoms with E-state index in [-0.39, 0.29) is 23.0 Å². The summed E-state index contributed by atoms with van der Waals surface area (Å²) in [5, 5.41) is 3.29. The Bertz CT molecular complexity index is 461. The molecule has 1 N–H and O–H groups in total. The number of rotatable bonds is 4. The van der Waals surface area contributed by atoms with Gasteiger partial charge in [-0.1, -0.05) is 0 Å². The Balaban J connectivity index is 2.03. The summed E-state index contributed by atoms with van der Waals surface area (Å²) in [4.78, 5) is 4.08. The summed E-state index contributed by atoms with van der Waals surface area (Å²) in [5.74, 6) is 0.666. The lowest BCUT2D eigenvalue weighted by Crippen LogP contribution is -2.38. The van der Waals surface area contributed by atoms with E-state index in [0.717, 1.165) is 6.42 Å². The standard InChI is InChI=1S/C14H20F2N2O2/c1-13(2)7-10(14(3,4)20-13)18-11-6-5-9(8-17-11)19-12(15)16/h5-6,8,10,12H,7H2,1-4H3,(H,17,18). The lowest BCUT2D eigenvalue weighted by molar-refractivity contribution is -0.0662. The normalized spacial score (nSPS) is 23.9. The fourth-order valence-electron chi connectivity index (χ4n) is 2.60. The number of hydrogen-bond donors (Lipinski definition) is 1. The van der Waals surface area contributed by atoms with Gasteiger partial charge in [0, 0.05) is 0 Å². The van der Waals surface area contributed by atoms with Crippen molar-refractivity contribution >= 4 is 5.82 Å². The van der Waals surface area contributed by atoms with Crippen LogP contribution < -0.4 is 10.1 Å². The van der Waals surface area contributed by atoms with Crippen molar-refractivity contribution in [3.8, 4) is 5.75 Å². The van der Waals surface area contributed by atoms with Gasteiger partial charge in [0.2, 0.25) is 0 Å². The van der Waals surface area contributed by atoms with Crippen LogP contribution >= 0.6 is 0 Å². The van der Waals surface area contributed by atoms with Gasteiger partial charge in [-0.15, -0.1) is 0 Å². The lowest BCUT2D eigenvalue weighted by Gasteiger charge is -2.28. The van der Waals surface area contributed by atoms with Gasteiger partial charge in [-0.2, -0.15) is 8.78 Å². The topological polar surface area (TPSA) is 43.4 Å². The second kappa shape index (κ2) is 5.16. The van der Waals surface area contributed by atoms with Crippen molar-refractivity contribution in [2.45, 2.75) is 58.0 Å². The number of nitrogens with one attached hydrogen (secondary N) is 1. The van der Waals surface area contributed by atoms with Crippen LogP contribution in [0.15, 0.2) is 18.3 Å². The Morgan fingerprint density at radius 1 is 1.35 bits per heavy atom. The third-order valence-corrected chi connectivity index (χ3v) is 3.36. The molecular formula is C14H20F2N2O2. The summed E-state index contributed by atoms with van der Waals surface area (Å²) in [6, 6.07) is 3.20. The van der Waals surface area contributed by atoms with Gasteiger partial charge in [0.1, 0.15) is 11.6 Å². The summed E-state index contributed by atoms with van der Waals surface area (Å²) in [7, 11) is 0. The van der Waals surface area contributed by atoms with E-state index >= 15 is 0 Å². The third kappa shape index (κ3) is 3.56. The molecule has 0 aromatic carbocycles. The van der Waals surface area contributed by atoms with Gasteiger partial charge in [0.15, 0.2) is 0 Å². The summed E-state index contributed by atoms with van der Waals surface area (Å²) >= 11 is 0. The molecule has 6 heteroatoms. The molecule has 4 nitrogen and oxygen atoms in total. The Morgan fingerprint density at radius 3 is 2.50 bits per heavy atom. The van der Waals surface area contributed by atoms with Crippen LogP contribution in [0.3, 0.4) is 0 Å². The number of nitrogens with zero attached hydrogens (tertiary/aromatic N) is 1. The molecule has 112 valence electrons. The van der Waals surface area contributed by atoms with Crippen molar-refractivity contribution in [1.82, 2.24) is 4.98 Å². The molecule has 0 radical (unpaired) electrons. The van der Waals surface area contributed by atoms with Crippen LogP contribution in [0.4, 0.5) is 14.6 Å². The first kappa shape index (κ1) is 15.0. The highest BCUT2D eigenvalue weighted by Crippen LogP contribution is 2.38. The van der Waals surface area contributed by atoms with Gasteiger partial charge in [-0.3, -0.25) is 0 Å². The highest BCUT2D eigenvalue weighted by Gasteiger charge is 2.45. The maximum absolute atomic E-state index is 12.1. The van der Waals surface area contributed by atoms with Crippen LogP contribution in [0.1, 0.15) is 34.1 Å². The van der Waals surface area contributed by atoms with E-state index in [4.69, 9.17) is 4.74 Å². The minimum Gasteiger partial charge on any atom is -0.433 e. The highest BCUT2D eigenvalue weighted by molar-refractivity contribution is 5.39. The molecular weight excluding hydrogens is 266 g/mol. The zero-order valence-electron chi connectivity index (χ0n) is 12.1. The van der Waals surface area contributed by atoms with Crippen molar-refractivity contribution in [3.63, 3.8) is 0 Å². The predicted octanol–water partition coefficient (Wildman–Crippen LogP) is 3.44. The number of pyridine rings is 1. The molecule has 0 saturated carbocycles. The Kier molecular flexibility index (Phi) is 3.86. The van der Waals surface area contributed by atoms with Crippen molar-refractivity contribution in [2.24, 2.45) is 0 Å². The van der Waals surface area contributed by atoms with Crippen molar-refractivity contribution < 1.29 is 18.3 Å². The van der Waals surface area contributed by atoms with E-state index in [2.05, 4.69) is 15.0 Å². The van der Waals surface area contributed by atoms with Crippen LogP contribution in [0.25, 0.3) is 0 Å². The van der Waals surface area contributed by atoms with Crippen LogP contribution in [-0.4, -0.2) is 28.8 Å². The fraction of sp³-hybridized carbons (Fsp3) is 0.643. The molecule has 1 saturated heterocycles. The zero-order valence-corrected chi connectivity index (χ0v) is 12.1. The number of hydrogen-bond acceptors (Lipinski definition) is 4. The predicted molar refractivity (Wildman–Crippen MR) is 72.1 cm³/mol. The summed E-state index contributed by atoms with van der Waals surface area (Å²) in [5.41, 5.74) is -0.511. The van der Waals surface area contributed by atoms with E-state index in [1.165, 1.54) is 12.3 Å². The maximum atomic E-state index is 12.1. The Hall–Kier alpha value is -1.43. The Labute approximate surface area is 117 Å². The summed E-state index contributed by atoms with van der Waals surface area (Å²) in [6.07, 6.45) is 2.12. The first-order valence-electron chi connectivity index (χ1n) is 6.55. The molecule has 0 amide bonds. The van der Waals surface area contributed by atoms with Crippen LogP contribution in [0.5, 0.6) is 5.75 Å². The second-order valence-electron chi connectivity index (χ2n) is 6.12. The first-order chi connectivity index (χ1) is 9.18. The van der Waals surface area contributed by atoms with E-state index in [0.29, 0.717) is 5.82 Å². The van der Waals surface area contributed by atoms with E-state index in [9.17, 15) is 8.78 Å². The number of aromatic nitrogens is 1. The fourth-order valence-corrected chi connectivity index (χ4v) is 2.60. The van der Waals surface area contributed by atoms with Crippen molar-refractivity contribution in [2.75, 3.05) is 5.32 Å². The first-order valence-corrected chi connectivity index (χ1v) is 6.55. The molecule has 20 heavy (non-hydrogen) atoms. The molecule has 1 aliphatic heterocycles. The molecule has 0 bridgehead atoms. The molecule has 1 fully saturated rings. The van der Waals surface area contributed by atoms with Gasteiger partial charge < -0.3 is 14.8 Å². The molecule has 0 aliphatic carbocycles. The third-order valence-electron chi connectivity index (χ3n) is 3.36. The van der Waals surface area contributed by atoms with Crippen LogP contribution in [-0.2, 0) is 4.74 Å². The van der Waals surface area contributed by atoms with Gasteiger partial charge >= 0.3 is 6.61 Å². The van der Waals surface area contributed by atoms with Gasteiger partial charge in [-0.05, 0) is 46.2 Å². The Morgan fingerprint density at radius 2 is 2.05 bits per heavy atom. The molecule has 0 spiro atoms. The minimum absolute atomic E-state index is 0.0489. The number of anilines is 1. The molecule has 1 aliphatic rings. The van der Waals surface area contributed by atoms with E-state index < -0.39 is 6.61 Å². The van der Waals surface area contributed by atoms with E-state index in [1.807, 2.05) is 27.7 Å². The largest absolute Gasteiger partial charge is 0.433 e. The minimum atomic E-state index is -2.83. The van der Waals surface area contributed by atoms with Gasteiger partial charge in [0.05, 0.1) is 23.4 Å². The van der Waals surface area contributed by atoms with E-state index in [1.54, 1.807) is 6.07 Å². The maximum Gasteiger partial charge on any atom is 0.387 e. The summed E-state index contributed by atoms with van der Waals surface area (Å²) in [6.45, 7) is 5.30. The molecule has 2 heterocycles. The molecule has 1 aromatic heterocycles. The SMILES string of the molecule is CC1(C)CC(Nc2ccc(OC(F)F)cn2)C(C)(C)O1. The molecule has 1 unspecified atom stereocenters. The van der Waals surface area contributed by atoms with Crippen LogP contribution in [0.2, 0.25) is 0 Å². The lowest BCUT2D eigenvalue weighted by atomic mass is 9.94. The second-order valence-corrected chi connectivity index (χ2v) is 6.12. The average molecular weight is 286 g/mol. The molecule has 1 aromatic rings. The van der Waals surface area contributed by atoms with Gasteiger partial charge in [-0.25, -0.2) is 4.98 Å². The number of ether oxygens (including phenoxy) is 2. The number of alkyl halides is 2. The smallest absolute Gasteiger partial charge is 0.387 e. The quantitative estimate of drug-likeness (QED) is 0.920. The average Bonchev–Trinajstić information content (AvgIpc) is 2.48. The molecule has 1 atom stereocenters. The van der Waals surface area contributed by atoms with Crippen molar-refractivity contribution in [1.29, 1.82) is 0 Å².